The maximum Gasteiger partial charge on any atom is 0.225 e. The van der Waals surface area contributed by atoms with Crippen molar-refractivity contribution in [2.75, 3.05) is 24.8 Å². The number of ether oxygens (including phenoxy) is 1. The van der Waals surface area contributed by atoms with Gasteiger partial charge >= 0.3 is 0 Å². The van der Waals surface area contributed by atoms with E-state index in [2.05, 4.69) is 9.97 Å². The minimum absolute atomic E-state index is 0.110. The summed E-state index contributed by atoms with van der Waals surface area (Å²) >= 11 is 11.8. The Kier molecular flexibility index (Phi) is 4.04. The Hall–Kier alpha value is -0.620. The van der Waals surface area contributed by atoms with E-state index < -0.39 is 0 Å². The van der Waals surface area contributed by atoms with Crippen molar-refractivity contribution in [2.45, 2.75) is 13.5 Å². The smallest absolute Gasteiger partial charge is 0.225 e. The molecule has 0 spiro atoms. The van der Waals surface area contributed by atoms with E-state index in [4.69, 9.17) is 33.0 Å². The average molecular weight is 278 g/mol. The van der Waals surface area contributed by atoms with E-state index in [1.54, 1.807) is 0 Å². The van der Waals surface area contributed by atoms with E-state index in [1.165, 1.54) is 0 Å². The molecule has 1 aromatic rings. The molecule has 1 aromatic heterocycles. The van der Waals surface area contributed by atoms with Gasteiger partial charge in [-0.05, 0) is 17.5 Å². The summed E-state index contributed by atoms with van der Waals surface area (Å²) in [6, 6.07) is 0. The number of hydrogen-bond donors (Lipinski definition) is 1. The molecule has 7 heteroatoms. The molecular weight excluding hydrogens is 265 g/mol. The van der Waals surface area contributed by atoms with Crippen LogP contribution in [0.4, 0.5) is 5.82 Å². The number of aliphatic hydroxyl groups excluding tert-OH is 1. The zero-order valence-corrected chi connectivity index (χ0v) is 10.9. The molecule has 0 fully saturated rings. The number of aliphatic hydroxyl groups is 1. The van der Waals surface area contributed by atoms with Crippen LogP contribution < -0.4 is 4.90 Å². The van der Waals surface area contributed by atoms with E-state index in [1.807, 2.05) is 11.8 Å². The number of anilines is 1. The molecule has 94 valence electrons. The van der Waals surface area contributed by atoms with Crippen LogP contribution in [0.3, 0.4) is 0 Å². The van der Waals surface area contributed by atoms with Gasteiger partial charge in [-0.1, -0.05) is 18.5 Å². The molecule has 1 unspecified atom stereocenters. The van der Waals surface area contributed by atoms with Gasteiger partial charge in [0.15, 0.2) is 0 Å². The van der Waals surface area contributed by atoms with Gasteiger partial charge < -0.3 is 14.7 Å². The van der Waals surface area contributed by atoms with Crippen molar-refractivity contribution in [1.82, 2.24) is 9.97 Å². The van der Waals surface area contributed by atoms with Crippen molar-refractivity contribution in [2.24, 2.45) is 5.92 Å². The molecule has 1 N–H and O–H groups in total. The lowest BCUT2D eigenvalue weighted by Gasteiger charge is -2.31. The van der Waals surface area contributed by atoms with Gasteiger partial charge in [-0.3, -0.25) is 0 Å². The van der Waals surface area contributed by atoms with Crippen molar-refractivity contribution in [3.63, 3.8) is 0 Å². The van der Waals surface area contributed by atoms with Crippen molar-refractivity contribution in [3.8, 4) is 0 Å². The van der Waals surface area contributed by atoms with Gasteiger partial charge in [0.25, 0.3) is 0 Å². The molecule has 0 aliphatic carbocycles. The number of aromatic nitrogens is 2. The minimum atomic E-state index is 0.110. The summed E-state index contributed by atoms with van der Waals surface area (Å²) in [5.41, 5.74) is 0.743. The van der Waals surface area contributed by atoms with Crippen LogP contribution in [0.25, 0.3) is 0 Å². The third kappa shape index (κ3) is 2.80. The van der Waals surface area contributed by atoms with Crippen LogP contribution in [-0.4, -0.2) is 35.0 Å². The SMILES string of the molecule is CC(CO)CN1COCc2c(Cl)nc(Cl)nc21. The van der Waals surface area contributed by atoms with Crippen LogP contribution in [0.15, 0.2) is 0 Å². The zero-order valence-electron chi connectivity index (χ0n) is 9.36. The number of nitrogens with zero attached hydrogens (tertiary/aromatic N) is 3. The highest BCUT2D eigenvalue weighted by atomic mass is 35.5. The summed E-state index contributed by atoms with van der Waals surface area (Å²) in [7, 11) is 0. The Morgan fingerprint density at radius 1 is 1.47 bits per heavy atom. The van der Waals surface area contributed by atoms with E-state index in [0.717, 1.165) is 5.56 Å². The Balaban J connectivity index is 2.30. The third-order valence-electron chi connectivity index (χ3n) is 2.54. The maximum atomic E-state index is 9.07. The minimum Gasteiger partial charge on any atom is -0.396 e. The fraction of sp³-hybridized carbons (Fsp3) is 0.600. The molecule has 0 saturated heterocycles. The van der Waals surface area contributed by atoms with Gasteiger partial charge in [0, 0.05) is 13.2 Å². The number of fused-ring (bicyclic) bond motifs is 1. The predicted molar refractivity (Wildman–Crippen MR) is 65.3 cm³/mol. The summed E-state index contributed by atoms with van der Waals surface area (Å²) in [6.07, 6.45) is 0. The molecule has 0 saturated carbocycles. The summed E-state index contributed by atoms with van der Waals surface area (Å²) in [4.78, 5) is 9.96. The second kappa shape index (κ2) is 5.35. The number of halogens is 2. The summed E-state index contributed by atoms with van der Waals surface area (Å²) in [5, 5.41) is 9.51. The molecule has 0 radical (unpaired) electrons. The fourth-order valence-corrected chi connectivity index (χ4v) is 2.13. The van der Waals surface area contributed by atoms with Crippen molar-refractivity contribution in [1.29, 1.82) is 0 Å². The van der Waals surface area contributed by atoms with E-state index in [0.29, 0.717) is 30.9 Å². The molecule has 0 bridgehead atoms. The van der Waals surface area contributed by atoms with Gasteiger partial charge in [-0.15, -0.1) is 0 Å². The molecule has 0 aromatic carbocycles. The van der Waals surface area contributed by atoms with Crippen LogP contribution in [0.1, 0.15) is 12.5 Å². The average Bonchev–Trinajstić information content (AvgIpc) is 2.30. The van der Waals surface area contributed by atoms with Crippen molar-refractivity contribution >= 4 is 29.0 Å². The standard InChI is InChI=1S/C10H13Cl2N3O2/c1-6(3-16)2-15-5-17-4-7-8(11)13-10(12)14-9(7)15/h6,16H,2-5H2,1H3. The zero-order chi connectivity index (χ0) is 12.4. The summed E-state index contributed by atoms with van der Waals surface area (Å²) < 4.78 is 5.41. The van der Waals surface area contributed by atoms with Crippen LogP contribution in [0.2, 0.25) is 10.4 Å². The first-order chi connectivity index (χ1) is 8.11. The summed E-state index contributed by atoms with van der Waals surface area (Å²) in [5.74, 6) is 0.818. The first-order valence-corrected chi connectivity index (χ1v) is 6.03. The molecular formula is C10H13Cl2N3O2. The Morgan fingerprint density at radius 3 is 2.94 bits per heavy atom. The van der Waals surface area contributed by atoms with Crippen LogP contribution in [0, 0.1) is 5.92 Å². The van der Waals surface area contributed by atoms with Gasteiger partial charge in [-0.2, -0.15) is 0 Å². The third-order valence-corrected chi connectivity index (χ3v) is 3.03. The monoisotopic (exact) mass is 277 g/mol. The molecule has 1 aliphatic rings. The summed E-state index contributed by atoms with van der Waals surface area (Å²) in [6.45, 7) is 3.49. The Labute approximate surface area is 109 Å². The fourth-order valence-electron chi connectivity index (χ4n) is 1.70. The highest BCUT2D eigenvalue weighted by molar-refractivity contribution is 6.32. The van der Waals surface area contributed by atoms with Crippen LogP contribution >= 0.6 is 23.2 Å². The van der Waals surface area contributed by atoms with Crippen molar-refractivity contribution < 1.29 is 9.84 Å². The van der Waals surface area contributed by atoms with Gasteiger partial charge in [0.05, 0.1) is 12.2 Å². The second-order valence-electron chi connectivity index (χ2n) is 4.07. The highest BCUT2D eigenvalue weighted by Gasteiger charge is 2.24. The lowest BCUT2D eigenvalue weighted by atomic mass is 10.1. The van der Waals surface area contributed by atoms with Gasteiger partial charge in [0.1, 0.15) is 17.7 Å². The van der Waals surface area contributed by atoms with Crippen LogP contribution in [0.5, 0.6) is 0 Å². The van der Waals surface area contributed by atoms with Crippen LogP contribution in [-0.2, 0) is 11.3 Å². The normalized spacial score (nSPS) is 16.8. The molecule has 1 aliphatic heterocycles. The molecule has 5 nitrogen and oxygen atoms in total. The lowest BCUT2D eigenvalue weighted by Crippen LogP contribution is -2.36. The van der Waals surface area contributed by atoms with Crippen molar-refractivity contribution in [3.05, 3.63) is 16.0 Å². The topological polar surface area (TPSA) is 58.5 Å². The number of rotatable bonds is 3. The molecule has 2 heterocycles. The Morgan fingerprint density at radius 2 is 2.24 bits per heavy atom. The van der Waals surface area contributed by atoms with Gasteiger partial charge in [-0.25, -0.2) is 9.97 Å². The molecule has 2 rings (SSSR count). The van der Waals surface area contributed by atoms with Gasteiger partial charge in [0.2, 0.25) is 5.28 Å². The molecule has 17 heavy (non-hydrogen) atoms. The molecule has 1 atom stereocenters. The number of hydrogen-bond acceptors (Lipinski definition) is 5. The lowest BCUT2D eigenvalue weighted by molar-refractivity contribution is 0.104. The quantitative estimate of drug-likeness (QED) is 0.673. The Bertz CT molecular complexity index is 417. The first-order valence-electron chi connectivity index (χ1n) is 5.27. The predicted octanol–water partition coefficient (Wildman–Crippen LogP) is 1.71. The maximum absolute atomic E-state index is 9.07. The first kappa shape index (κ1) is 12.8. The second-order valence-corrected chi connectivity index (χ2v) is 4.77. The van der Waals surface area contributed by atoms with E-state index >= 15 is 0 Å². The highest BCUT2D eigenvalue weighted by Crippen LogP contribution is 2.30. The van der Waals surface area contributed by atoms with E-state index in [-0.39, 0.29) is 17.8 Å². The van der Waals surface area contributed by atoms with E-state index in [9.17, 15) is 0 Å². The molecule has 0 amide bonds. The largest absolute Gasteiger partial charge is 0.396 e.